The van der Waals surface area contributed by atoms with E-state index in [4.69, 9.17) is 4.74 Å². The summed E-state index contributed by atoms with van der Waals surface area (Å²) in [6.07, 6.45) is 18.9. The summed E-state index contributed by atoms with van der Waals surface area (Å²) in [4.78, 5) is 34.4. The number of benzene rings is 1. The summed E-state index contributed by atoms with van der Waals surface area (Å²) in [5.41, 5.74) is 1.00. The number of carbonyl (C=O) groups is 1. The van der Waals surface area contributed by atoms with Crippen molar-refractivity contribution in [3.63, 3.8) is 0 Å². The number of piperidine rings is 1. The van der Waals surface area contributed by atoms with Crippen molar-refractivity contribution >= 4 is 17.0 Å². The average Bonchev–Trinajstić information content (AvgIpc) is 3.01. The van der Waals surface area contributed by atoms with Crippen LogP contribution >= 0.6 is 0 Å². The number of rotatable bonds is 4. The minimum Gasteiger partial charge on any atom is -0.461 e. The Bertz CT molecular complexity index is 1180. The minimum atomic E-state index is -0.599. The number of fused-ring (bicyclic) bond motifs is 4. The van der Waals surface area contributed by atoms with Gasteiger partial charge in [-0.15, -0.1) is 0 Å². The number of hydrogen-bond acceptors (Lipinski definition) is 5. The van der Waals surface area contributed by atoms with Crippen LogP contribution in [-0.2, 0) is 10.3 Å². The first-order valence-electron chi connectivity index (χ1n) is 15.1. The molecule has 2 aliphatic carbocycles. The summed E-state index contributed by atoms with van der Waals surface area (Å²) in [6, 6.07) is 9.60. The zero-order chi connectivity index (χ0) is 25.4. The van der Waals surface area contributed by atoms with Gasteiger partial charge in [0.25, 0.3) is 5.56 Å². The van der Waals surface area contributed by atoms with Crippen LogP contribution in [0.4, 0.5) is 0 Å². The van der Waals surface area contributed by atoms with Crippen molar-refractivity contribution in [2.24, 2.45) is 5.92 Å². The molecule has 2 saturated carbocycles. The van der Waals surface area contributed by atoms with Gasteiger partial charge in [-0.05, 0) is 82.8 Å². The van der Waals surface area contributed by atoms with E-state index in [0.717, 1.165) is 30.7 Å². The van der Waals surface area contributed by atoms with E-state index < -0.39 is 5.97 Å². The topological polar surface area (TPSA) is 64.4 Å². The van der Waals surface area contributed by atoms with Crippen molar-refractivity contribution in [2.75, 3.05) is 6.61 Å². The zero-order valence-electron chi connectivity index (χ0n) is 22.5. The van der Waals surface area contributed by atoms with Gasteiger partial charge in [-0.25, -0.2) is 9.78 Å². The highest BCUT2D eigenvalue weighted by atomic mass is 16.5. The Labute approximate surface area is 220 Å². The van der Waals surface area contributed by atoms with Gasteiger partial charge in [0.2, 0.25) is 5.69 Å². The third kappa shape index (κ3) is 4.64. The fourth-order valence-electron chi connectivity index (χ4n) is 8.53. The molecule has 2 aromatic rings. The number of ether oxygens (including phenoxy) is 1. The first-order valence-corrected chi connectivity index (χ1v) is 15.1. The summed E-state index contributed by atoms with van der Waals surface area (Å²) < 4.78 is 7.30. The molecule has 4 atom stereocenters. The number of esters is 1. The number of hydrogen-bond donors (Lipinski definition) is 0. The molecular formula is C31H43N3O3. The van der Waals surface area contributed by atoms with Gasteiger partial charge >= 0.3 is 5.97 Å². The molecule has 1 aromatic heterocycles. The fraction of sp³-hybridized carbons (Fsp3) is 0.710. The monoisotopic (exact) mass is 505 g/mol. The summed E-state index contributed by atoms with van der Waals surface area (Å²) in [5.74, 6) is 0.141. The van der Waals surface area contributed by atoms with Crippen molar-refractivity contribution < 1.29 is 9.53 Å². The Balaban J connectivity index is 1.44. The highest BCUT2D eigenvalue weighted by molar-refractivity contribution is 5.89. The molecule has 0 amide bonds. The van der Waals surface area contributed by atoms with Crippen LogP contribution in [0, 0.1) is 5.92 Å². The zero-order valence-corrected chi connectivity index (χ0v) is 22.5. The number of carbonyl (C=O) groups excluding carboxylic acids is 1. The van der Waals surface area contributed by atoms with E-state index >= 15 is 0 Å². The summed E-state index contributed by atoms with van der Waals surface area (Å²) in [5, 5.41) is 0. The van der Waals surface area contributed by atoms with Crippen LogP contribution in [0.3, 0.4) is 0 Å². The van der Waals surface area contributed by atoms with E-state index in [9.17, 15) is 9.59 Å². The van der Waals surface area contributed by atoms with Gasteiger partial charge in [-0.3, -0.25) is 14.3 Å². The predicted molar refractivity (Wildman–Crippen MR) is 146 cm³/mol. The van der Waals surface area contributed by atoms with Crippen LogP contribution in [0.15, 0.2) is 29.1 Å². The largest absolute Gasteiger partial charge is 0.461 e. The second-order valence-electron chi connectivity index (χ2n) is 12.3. The molecule has 200 valence electrons. The molecule has 2 saturated heterocycles. The highest BCUT2D eigenvalue weighted by Gasteiger charge is 2.52. The second-order valence-corrected chi connectivity index (χ2v) is 12.3. The predicted octanol–water partition coefficient (Wildman–Crippen LogP) is 6.20. The Morgan fingerprint density at radius 3 is 2.46 bits per heavy atom. The van der Waals surface area contributed by atoms with Crippen molar-refractivity contribution in [2.45, 2.75) is 127 Å². The molecule has 4 fully saturated rings. The SMILES string of the molecule is CCOC(=O)c1nc2ccccc2n([C@@]23CCC4CC[C@H](C2)N(C2CCCCCCCC2)[C@@H](C4)C3)c1=O. The maximum absolute atomic E-state index is 14.1. The summed E-state index contributed by atoms with van der Waals surface area (Å²) in [7, 11) is 0. The summed E-state index contributed by atoms with van der Waals surface area (Å²) >= 11 is 0. The van der Waals surface area contributed by atoms with Gasteiger partial charge in [0.15, 0.2) is 0 Å². The third-order valence-electron chi connectivity index (χ3n) is 10.1. The van der Waals surface area contributed by atoms with Crippen LogP contribution < -0.4 is 5.56 Å². The van der Waals surface area contributed by atoms with Crippen LogP contribution in [0.25, 0.3) is 11.0 Å². The van der Waals surface area contributed by atoms with Gasteiger partial charge in [0.05, 0.1) is 23.2 Å². The second kappa shape index (κ2) is 10.5. The maximum Gasteiger partial charge on any atom is 0.362 e. The molecule has 3 heterocycles. The first kappa shape index (κ1) is 25.1. The number of nitrogens with zero attached hydrogens (tertiary/aromatic N) is 3. The standard InChI is InChI=1S/C31H43N3O3/c1-2-37-30(36)28-29(35)34(27-14-10-9-13-26(27)32-28)31-18-17-22-15-16-24(20-31)33(25(19-22)21-31)23-11-7-5-3-4-6-8-12-23/h9-10,13-14,22-25H,2-8,11-12,15-21H2,1H3/t22?,24-,25+,31+/m1/s1. The van der Waals surface area contributed by atoms with Gasteiger partial charge < -0.3 is 4.74 Å². The lowest BCUT2D eigenvalue weighted by molar-refractivity contribution is -0.0245. The van der Waals surface area contributed by atoms with Gasteiger partial charge in [-0.1, -0.05) is 50.7 Å². The fourth-order valence-corrected chi connectivity index (χ4v) is 8.53. The van der Waals surface area contributed by atoms with Gasteiger partial charge in [0, 0.05) is 18.1 Å². The molecule has 6 rings (SSSR count). The molecule has 37 heavy (non-hydrogen) atoms. The van der Waals surface area contributed by atoms with Crippen LogP contribution in [0.2, 0.25) is 0 Å². The normalized spacial score (nSPS) is 31.3. The molecule has 4 bridgehead atoms. The van der Waals surface area contributed by atoms with Gasteiger partial charge in [-0.2, -0.15) is 0 Å². The van der Waals surface area contributed by atoms with Crippen LogP contribution in [0.5, 0.6) is 0 Å². The average molecular weight is 506 g/mol. The van der Waals surface area contributed by atoms with Crippen molar-refractivity contribution in [1.29, 1.82) is 0 Å². The molecule has 4 aliphatic rings. The molecule has 2 aliphatic heterocycles. The lowest BCUT2D eigenvalue weighted by Crippen LogP contribution is -2.60. The lowest BCUT2D eigenvalue weighted by Gasteiger charge is -2.53. The van der Waals surface area contributed by atoms with Crippen LogP contribution in [-0.4, -0.2) is 45.2 Å². The Morgan fingerprint density at radius 2 is 1.68 bits per heavy atom. The Kier molecular flexibility index (Phi) is 7.13. The Hall–Kier alpha value is -2.21. The van der Waals surface area contributed by atoms with E-state index in [2.05, 4.69) is 9.88 Å². The first-order chi connectivity index (χ1) is 18.1. The maximum atomic E-state index is 14.1. The lowest BCUT2D eigenvalue weighted by atomic mass is 9.74. The van der Waals surface area contributed by atoms with Crippen LogP contribution in [0.1, 0.15) is 114 Å². The van der Waals surface area contributed by atoms with E-state index in [1.54, 1.807) is 6.92 Å². The van der Waals surface area contributed by atoms with E-state index in [1.807, 2.05) is 28.8 Å². The summed E-state index contributed by atoms with van der Waals surface area (Å²) in [6.45, 7) is 2.01. The van der Waals surface area contributed by atoms with Crippen molar-refractivity contribution in [1.82, 2.24) is 14.5 Å². The minimum absolute atomic E-state index is 0.0559. The van der Waals surface area contributed by atoms with Crippen molar-refractivity contribution in [3.05, 3.63) is 40.3 Å². The van der Waals surface area contributed by atoms with E-state index in [0.29, 0.717) is 23.6 Å². The molecule has 1 aromatic carbocycles. The quantitative estimate of drug-likeness (QED) is 0.463. The number of para-hydroxylation sites is 2. The Morgan fingerprint density at radius 1 is 0.946 bits per heavy atom. The van der Waals surface area contributed by atoms with E-state index in [1.165, 1.54) is 77.0 Å². The molecule has 0 N–H and O–H groups in total. The highest BCUT2D eigenvalue weighted by Crippen LogP contribution is 2.52. The molecule has 6 heteroatoms. The molecule has 1 unspecified atom stereocenters. The smallest absolute Gasteiger partial charge is 0.362 e. The number of aromatic nitrogens is 2. The molecule has 6 nitrogen and oxygen atoms in total. The van der Waals surface area contributed by atoms with Gasteiger partial charge in [0.1, 0.15) is 0 Å². The molecular weight excluding hydrogens is 462 g/mol. The van der Waals surface area contributed by atoms with E-state index in [-0.39, 0.29) is 23.4 Å². The molecule has 0 spiro atoms. The third-order valence-corrected chi connectivity index (χ3v) is 10.1. The molecule has 0 radical (unpaired) electrons. The van der Waals surface area contributed by atoms with Crippen molar-refractivity contribution in [3.8, 4) is 0 Å².